The zero-order chi connectivity index (χ0) is 13.1. The quantitative estimate of drug-likeness (QED) is 0.811. The largest absolute Gasteiger partial charge is 0.480 e. The number of hydrogen-bond acceptors (Lipinski definition) is 4. The minimum atomic E-state index is -0.936. The second-order valence-electron chi connectivity index (χ2n) is 4.45. The first-order valence-corrected chi connectivity index (χ1v) is 7.65. The van der Waals surface area contributed by atoms with E-state index in [-0.39, 0.29) is 10.8 Å². The smallest absolute Gasteiger partial charge is 0.327 e. The van der Waals surface area contributed by atoms with E-state index in [9.17, 15) is 9.59 Å². The van der Waals surface area contributed by atoms with E-state index in [1.807, 2.05) is 20.1 Å². The summed E-state index contributed by atoms with van der Waals surface area (Å²) < 4.78 is -0.0404. The third-order valence-corrected chi connectivity index (χ3v) is 4.91. The van der Waals surface area contributed by atoms with Crippen molar-refractivity contribution in [3.63, 3.8) is 0 Å². The number of urea groups is 1. The summed E-state index contributed by atoms with van der Waals surface area (Å²) in [6.07, 6.45) is 1.98. The van der Waals surface area contributed by atoms with Gasteiger partial charge in [-0.25, -0.2) is 9.59 Å². The number of thioether (sulfide) groups is 2. The van der Waals surface area contributed by atoms with Gasteiger partial charge in [0, 0.05) is 17.0 Å². The van der Waals surface area contributed by atoms with E-state index in [4.69, 9.17) is 5.11 Å². The van der Waals surface area contributed by atoms with Gasteiger partial charge in [-0.15, -0.1) is 11.8 Å². The predicted molar refractivity (Wildman–Crippen MR) is 71.6 cm³/mol. The Balaban J connectivity index is 2.50. The van der Waals surface area contributed by atoms with Crippen LogP contribution in [0.25, 0.3) is 0 Å². The Morgan fingerprint density at radius 2 is 2.24 bits per heavy atom. The van der Waals surface area contributed by atoms with E-state index in [1.165, 1.54) is 16.7 Å². The van der Waals surface area contributed by atoms with Crippen LogP contribution in [0.2, 0.25) is 0 Å². The highest BCUT2D eigenvalue weighted by Gasteiger charge is 2.34. The van der Waals surface area contributed by atoms with Gasteiger partial charge in [0.1, 0.15) is 6.04 Å². The number of nitrogens with zero attached hydrogens (tertiary/aromatic N) is 1. The molecule has 0 aliphatic carbocycles. The third-order valence-electron chi connectivity index (χ3n) is 2.65. The molecule has 1 saturated heterocycles. The molecule has 0 aromatic rings. The van der Waals surface area contributed by atoms with Gasteiger partial charge in [-0.3, -0.25) is 0 Å². The van der Waals surface area contributed by atoms with Crippen molar-refractivity contribution in [3.05, 3.63) is 0 Å². The van der Waals surface area contributed by atoms with E-state index in [0.717, 1.165) is 0 Å². The summed E-state index contributed by atoms with van der Waals surface area (Å²) in [6, 6.07) is -0.984. The highest BCUT2D eigenvalue weighted by atomic mass is 32.2. The number of carboxylic acid groups (broad SMARTS) is 1. The number of carbonyl (C=O) groups is 2. The molecule has 1 aliphatic heterocycles. The number of carboxylic acids is 1. The maximum atomic E-state index is 11.9. The lowest BCUT2D eigenvalue weighted by Gasteiger charge is -2.26. The second-order valence-corrected chi connectivity index (χ2v) is 6.96. The fourth-order valence-electron chi connectivity index (χ4n) is 1.31. The summed E-state index contributed by atoms with van der Waals surface area (Å²) >= 11 is 3.13. The second kappa shape index (κ2) is 5.86. The molecule has 0 saturated carbocycles. The van der Waals surface area contributed by atoms with Gasteiger partial charge in [0.15, 0.2) is 0 Å². The molecular weight excluding hydrogens is 260 g/mol. The van der Waals surface area contributed by atoms with E-state index in [0.29, 0.717) is 18.2 Å². The van der Waals surface area contributed by atoms with Crippen molar-refractivity contribution >= 4 is 35.5 Å². The highest BCUT2D eigenvalue weighted by molar-refractivity contribution is 8.00. The molecule has 1 rings (SSSR count). The summed E-state index contributed by atoms with van der Waals surface area (Å²) in [6.45, 7) is 4.59. The lowest BCUT2D eigenvalue weighted by molar-refractivity contribution is -0.140. The summed E-state index contributed by atoms with van der Waals surface area (Å²) in [5, 5.41) is 11.8. The average Bonchev–Trinajstić information content (AvgIpc) is 2.75. The molecule has 1 atom stereocenters. The molecule has 1 fully saturated rings. The molecule has 2 N–H and O–H groups in total. The summed E-state index contributed by atoms with van der Waals surface area (Å²) in [5.74, 6) is -0.0220. The molecule has 0 radical (unpaired) electrons. The first-order valence-electron chi connectivity index (χ1n) is 5.27. The third kappa shape index (κ3) is 3.99. The molecule has 0 aromatic heterocycles. The number of nitrogens with one attached hydrogen (secondary N) is 1. The minimum absolute atomic E-state index is 0.0404. The lowest BCUT2D eigenvalue weighted by atomic mass is 10.2. The van der Waals surface area contributed by atoms with Crippen molar-refractivity contribution in [1.82, 2.24) is 10.2 Å². The number of hydrogen-bond donors (Lipinski definition) is 2. The number of aliphatic carboxylic acids is 1. The van der Waals surface area contributed by atoms with Crippen molar-refractivity contribution < 1.29 is 14.7 Å². The van der Waals surface area contributed by atoms with Crippen LogP contribution in [-0.2, 0) is 4.79 Å². The van der Waals surface area contributed by atoms with Crippen molar-refractivity contribution in [2.75, 3.05) is 24.4 Å². The van der Waals surface area contributed by atoms with Gasteiger partial charge in [0.25, 0.3) is 0 Å². The fourth-order valence-corrected chi connectivity index (χ4v) is 2.67. The molecule has 1 heterocycles. The average molecular weight is 278 g/mol. The van der Waals surface area contributed by atoms with E-state index in [2.05, 4.69) is 5.32 Å². The number of rotatable bonds is 4. The van der Waals surface area contributed by atoms with Crippen LogP contribution < -0.4 is 5.32 Å². The van der Waals surface area contributed by atoms with Crippen LogP contribution in [0, 0.1) is 0 Å². The van der Waals surface area contributed by atoms with Crippen molar-refractivity contribution in [2.24, 2.45) is 0 Å². The Kier molecular flexibility index (Phi) is 5.00. The Labute approximate surface area is 110 Å². The SMILES string of the molecule is CSC(C)(C)CNC(=O)N1CSCC1C(=O)O. The molecule has 7 heteroatoms. The molecule has 5 nitrogen and oxygen atoms in total. The molecular formula is C10H18N2O3S2. The first kappa shape index (κ1) is 14.5. The number of amides is 2. The Morgan fingerprint density at radius 1 is 1.59 bits per heavy atom. The van der Waals surface area contributed by atoms with Gasteiger partial charge in [-0.2, -0.15) is 11.8 Å². The molecule has 1 unspecified atom stereocenters. The van der Waals surface area contributed by atoms with Crippen LogP contribution in [0.3, 0.4) is 0 Å². The van der Waals surface area contributed by atoms with Crippen molar-refractivity contribution in [2.45, 2.75) is 24.6 Å². The summed E-state index contributed by atoms with van der Waals surface area (Å²) in [4.78, 5) is 24.2. The van der Waals surface area contributed by atoms with Crippen LogP contribution in [0.15, 0.2) is 0 Å². The highest BCUT2D eigenvalue weighted by Crippen LogP contribution is 2.22. The van der Waals surface area contributed by atoms with Gasteiger partial charge in [0.05, 0.1) is 5.88 Å². The predicted octanol–water partition coefficient (Wildman–Crippen LogP) is 1.30. The molecule has 0 spiro atoms. The van der Waals surface area contributed by atoms with Crippen LogP contribution in [0.5, 0.6) is 0 Å². The molecule has 98 valence electrons. The maximum absolute atomic E-state index is 11.9. The summed E-state index contributed by atoms with van der Waals surface area (Å²) in [5.41, 5.74) is 0. The van der Waals surface area contributed by atoms with E-state index >= 15 is 0 Å². The Hall–Kier alpha value is -0.560. The van der Waals surface area contributed by atoms with Crippen LogP contribution in [0.4, 0.5) is 4.79 Å². The van der Waals surface area contributed by atoms with Crippen molar-refractivity contribution in [3.8, 4) is 0 Å². The molecule has 0 bridgehead atoms. The zero-order valence-electron chi connectivity index (χ0n) is 10.2. The van der Waals surface area contributed by atoms with Gasteiger partial charge >= 0.3 is 12.0 Å². The molecule has 1 aliphatic rings. The Morgan fingerprint density at radius 3 is 2.76 bits per heavy atom. The number of carbonyl (C=O) groups excluding carboxylic acids is 1. The van der Waals surface area contributed by atoms with Crippen LogP contribution in [0.1, 0.15) is 13.8 Å². The zero-order valence-corrected chi connectivity index (χ0v) is 11.9. The van der Waals surface area contributed by atoms with Gasteiger partial charge in [-0.05, 0) is 20.1 Å². The monoisotopic (exact) mass is 278 g/mol. The van der Waals surface area contributed by atoms with Crippen LogP contribution in [-0.4, -0.2) is 57.2 Å². The van der Waals surface area contributed by atoms with Gasteiger partial charge in [-0.1, -0.05) is 0 Å². The standard InChI is InChI=1S/C10H18N2O3S2/c1-10(2,16-3)5-11-9(15)12-6-17-4-7(12)8(13)14/h7H,4-6H2,1-3H3,(H,11,15)(H,13,14). The topological polar surface area (TPSA) is 69.6 Å². The maximum Gasteiger partial charge on any atom is 0.327 e. The molecule has 0 aromatic carbocycles. The molecule has 2 amide bonds. The fraction of sp³-hybridized carbons (Fsp3) is 0.800. The van der Waals surface area contributed by atoms with E-state index in [1.54, 1.807) is 11.8 Å². The Bertz CT molecular complexity index is 310. The first-order chi connectivity index (χ1) is 7.87. The normalized spacial score (nSPS) is 20.4. The van der Waals surface area contributed by atoms with Gasteiger partial charge < -0.3 is 15.3 Å². The van der Waals surface area contributed by atoms with E-state index < -0.39 is 12.0 Å². The van der Waals surface area contributed by atoms with Crippen molar-refractivity contribution in [1.29, 1.82) is 0 Å². The van der Waals surface area contributed by atoms with Gasteiger partial charge in [0.2, 0.25) is 0 Å². The van der Waals surface area contributed by atoms with Crippen LogP contribution >= 0.6 is 23.5 Å². The molecule has 17 heavy (non-hydrogen) atoms. The summed E-state index contributed by atoms with van der Waals surface area (Å²) in [7, 11) is 0. The lowest BCUT2D eigenvalue weighted by Crippen LogP contribution is -2.49. The minimum Gasteiger partial charge on any atom is -0.480 e.